The van der Waals surface area contributed by atoms with Crippen molar-refractivity contribution in [1.82, 2.24) is 4.98 Å². The number of thiazole rings is 1. The Hall–Kier alpha value is -2.99. The SMILES string of the molecule is O=C(CCc1ccccc1)Nc1nc(-c2ccc3c(c2)CC(=O)N3)cs1. The van der Waals surface area contributed by atoms with Gasteiger partial charge < -0.3 is 10.6 Å². The van der Waals surface area contributed by atoms with Gasteiger partial charge in [0.15, 0.2) is 5.13 Å². The third-order valence-electron chi connectivity index (χ3n) is 4.26. The molecule has 0 spiro atoms. The second-order valence-electron chi connectivity index (χ2n) is 6.17. The Balaban J connectivity index is 1.39. The Bertz CT molecular complexity index is 966. The lowest BCUT2D eigenvalue weighted by Crippen LogP contribution is -2.12. The van der Waals surface area contributed by atoms with Crippen LogP contribution >= 0.6 is 11.3 Å². The van der Waals surface area contributed by atoms with Crippen molar-refractivity contribution in [3.8, 4) is 11.3 Å². The van der Waals surface area contributed by atoms with E-state index in [2.05, 4.69) is 15.6 Å². The van der Waals surface area contributed by atoms with Crippen LogP contribution < -0.4 is 10.6 Å². The normalized spacial score (nSPS) is 12.5. The van der Waals surface area contributed by atoms with Crippen molar-refractivity contribution in [2.45, 2.75) is 19.3 Å². The summed E-state index contributed by atoms with van der Waals surface area (Å²) in [6.07, 6.45) is 1.53. The number of carbonyl (C=O) groups excluding carboxylic acids is 2. The van der Waals surface area contributed by atoms with Crippen molar-refractivity contribution in [3.05, 3.63) is 65.0 Å². The minimum Gasteiger partial charge on any atom is -0.326 e. The van der Waals surface area contributed by atoms with E-state index >= 15 is 0 Å². The van der Waals surface area contributed by atoms with Crippen LogP contribution in [0.15, 0.2) is 53.9 Å². The van der Waals surface area contributed by atoms with Crippen LogP contribution in [0.5, 0.6) is 0 Å². The van der Waals surface area contributed by atoms with Crippen molar-refractivity contribution in [2.24, 2.45) is 0 Å². The van der Waals surface area contributed by atoms with Gasteiger partial charge in [-0.25, -0.2) is 4.98 Å². The van der Waals surface area contributed by atoms with Gasteiger partial charge in [0.25, 0.3) is 0 Å². The van der Waals surface area contributed by atoms with E-state index in [-0.39, 0.29) is 11.8 Å². The number of anilines is 2. The minimum absolute atomic E-state index is 0.0156. The van der Waals surface area contributed by atoms with Gasteiger partial charge in [0.05, 0.1) is 12.1 Å². The lowest BCUT2D eigenvalue weighted by atomic mass is 10.1. The highest BCUT2D eigenvalue weighted by Crippen LogP contribution is 2.30. The highest BCUT2D eigenvalue weighted by Gasteiger charge is 2.18. The lowest BCUT2D eigenvalue weighted by Gasteiger charge is -2.03. The predicted octanol–water partition coefficient (Wildman–Crippen LogP) is 3.88. The molecule has 0 bridgehead atoms. The summed E-state index contributed by atoms with van der Waals surface area (Å²) >= 11 is 1.40. The minimum atomic E-state index is -0.0431. The molecule has 2 aromatic carbocycles. The number of amides is 2. The zero-order valence-corrected chi connectivity index (χ0v) is 14.8. The number of nitrogens with zero attached hydrogens (tertiary/aromatic N) is 1. The fourth-order valence-electron chi connectivity index (χ4n) is 2.94. The van der Waals surface area contributed by atoms with Crippen LogP contribution in [0.4, 0.5) is 10.8 Å². The summed E-state index contributed by atoms with van der Waals surface area (Å²) in [4.78, 5) is 28.1. The van der Waals surface area contributed by atoms with Crippen LogP contribution in [-0.2, 0) is 22.4 Å². The van der Waals surface area contributed by atoms with Gasteiger partial charge in [0, 0.05) is 23.1 Å². The van der Waals surface area contributed by atoms with Crippen molar-refractivity contribution in [3.63, 3.8) is 0 Å². The standard InChI is InChI=1S/C20H17N3O2S/c24-18(9-6-13-4-2-1-3-5-13)23-20-22-17(12-26-20)14-7-8-16-15(10-14)11-19(25)21-16/h1-5,7-8,10,12H,6,9,11H2,(H,21,25)(H,22,23,24). The maximum absolute atomic E-state index is 12.1. The zero-order chi connectivity index (χ0) is 17.9. The molecule has 1 aliphatic heterocycles. The molecule has 0 saturated carbocycles. The number of benzene rings is 2. The van der Waals surface area contributed by atoms with Crippen LogP contribution in [0, 0.1) is 0 Å². The summed E-state index contributed by atoms with van der Waals surface area (Å²) in [6.45, 7) is 0. The Morgan fingerprint density at radius 1 is 1.19 bits per heavy atom. The fraction of sp³-hybridized carbons (Fsp3) is 0.150. The van der Waals surface area contributed by atoms with Gasteiger partial charge in [-0.3, -0.25) is 9.59 Å². The van der Waals surface area contributed by atoms with Crippen molar-refractivity contribution < 1.29 is 9.59 Å². The molecule has 26 heavy (non-hydrogen) atoms. The number of fused-ring (bicyclic) bond motifs is 1. The number of aryl methyl sites for hydroxylation is 1. The zero-order valence-electron chi connectivity index (χ0n) is 14.0. The number of rotatable bonds is 5. The maximum atomic E-state index is 12.1. The molecule has 1 aliphatic rings. The van der Waals surface area contributed by atoms with E-state index in [1.54, 1.807) is 0 Å². The molecule has 5 nitrogen and oxygen atoms in total. The molecule has 0 aliphatic carbocycles. The molecule has 0 radical (unpaired) electrons. The van der Waals surface area contributed by atoms with Gasteiger partial charge >= 0.3 is 0 Å². The number of aromatic nitrogens is 1. The molecule has 0 unspecified atom stereocenters. The highest BCUT2D eigenvalue weighted by molar-refractivity contribution is 7.14. The molecule has 2 N–H and O–H groups in total. The highest BCUT2D eigenvalue weighted by atomic mass is 32.1. The van der Waals surface area contributed by atoms with Gasteiger partial charge in [-0.05, 0) is 29.7 Å². The molecule has 0 atom stereocenters. The molecule has 6 heteroatoms. The van der Waals surface area contributed by atoms with Crippen LogP contribution in [0.2, 0.25) is 0 Å². The molecular formula is C20H17N3O2S. The summed E-state index contributed by atoms with van der Waals surface area (Å²) in [5, 5.41) is 8.19. The third kappa shape index (κ3) is 3.65. The van der Waals surface area contributed by atoms with E-state index in [0.29, 0.717) is 24.4 Å². The Morgan fingerprint density at radius 3 is 2.88 bits per heavy atom. The summed E-state index contributed by atoms with van der Waals surface area (Å²) in [5.74, 6) is -0.0275. The number of nitrogens with one attached hydrogen (secondary N) is 2. The Labute approximate surface area is 155 Å². The van der Waals surface area contributed by atoms with Crippen LogP contribution in [0.1, 0.15) is 17.5 Å². The first-order valence-corrected chi connectivity index (χ1v) is 9.28. The molecule has 0 fully saturated rings. The van der Waals surface area contributed by atoms with E-state index in [1.807, 2.05) is 53.9 Å². The second-order valence-corrected chi connectivity index (χ2v) is 7.03. The van der Waals surface area contributed by atoms with Gasteiger partial charge in [0.1, 0.15) is 0 Å². The molecule has 3 aromatic rings. The van der Waals surface area contributed by atoms with E-state index in [0.717, 1.165) is 28.1 Å². The van der Waals surface area contributed by atoms with Crippen molar-refractivity contribution in [2.75, 3.05) is 10.6 Å². The average molecular weight is 363 g/mol. The quantitative estimate of drug-likeness (QED) is 0.723. The number of carbonyl (C=O) groups is 2. The van der Waals surface area contributed by atoms with Crippen molar-refractivity contribution >= 4 is 34.0 Å². The first-order chi connectivity index (χ1) is 12.7. The number of hydrogen-bond donors (Lipinski definition) is 2. The molecule has 4 rings (SSSR count). The third-order valence-corrected chi connectivity index (χ3v) is 5.02. The Morgan fingerprint density at radius 2 is 2.04 bits per heavy atom. The van der Waals surface area contributed by atoms with Crippen LogP contribution in [0.25, 0.3) is 11.3 Å². The molecule has 0 saturated heterocycles. The first kappa shape index (κ1) is 16.5. The van der Waals surface area contributed by atoms with E-state index in [4.69, 9.17) is 0 Å². The van der Waals surface area contributed by atoms with Gasteiger partial charge in [-0.1, -0.05) is 36.4 Å². The molecular weight excluding hydrogens is 346 g/mol. The van der Waals surface area contributed by atoms with Crippen LogP contribution in [0.3, 0.4) is 0 Å². The molecule has 1 aromatic heterocycles. The first-order valence-electron chi connectivity index (χ1n) is 8.40. The molecule has 2 amide bonds. The summed E-state index contributed by atoms with van der Waals surface area (Å²) in [7, 11) is 0. The Kier molecular flexibility index (Phi) is 4.50. The van der Waals surface area contributed by atoms with Gasteiger partial charge in [-0.15, -0.1) is 11.3 Å². The number of hydrogen-bond acceptors (Lipinski definition) is 4. The summed E-state index contributed by atoms with van der Waals surface area (Å²) in [5.41, 5.74) is 4.73. The monoisotopic (exact) mass is 363 g/mol. The maximum Gasteiger partial charge on any atom is 0.228 e. The van der Waals surface area contributed by atoms with Gasteiger partial charge in [0.2, 0.25) is 11.8 Å². The van der Waals surface area contributed by atoms with E-state index in [1.165, 1.54) is 11.3 Å². The van der Waals surface area contributed by atoms with Crippen molar-refractivity contribution in [1.29, 1.82) is 0 Å². The summed E-state index contributed by atoms with van der Waals surface area (Å²) < 4.78 is 0. The fourth-order valence-corrected chi connectivity index (χ4v) is 3.67. The molecule has 2 heterocycles. The van der Waals surface area contributed by atoms with Gasteiger partial charge in [-0.2, -0.15) is 0 Å². The average Bonchev–Trinajstić information content (AvgIpc) is 3.25. The largest absolute Gasteiger partial charge is 0.326 e. The smallest absolute Gasteiger partial charge is 0.228 e. The van der Waals surface area contributed by atoms with E-state index < -0.39 is 0 Å². The topological polar surface area (TPSA) is 71.1 Å². The van der Waals surface area contributed by atoms with E-state index in [9.17, 15) is 9.59 Å². The predicted molar refractivity (Wildman–Crippen MR) is 103 cm³/mol. The molecule has 130 valence electrons. The van der Waals surface area contributed by atoms with Crippen LogP contribution in [-0.4, -0.2) is 16.8 Å². The lowest BCUT2D eigenvalue weighted by molar-refractivity contribution is -0.116. The summed E-state index contributed by atoms with van der Waals surface area (Å²) in [6, 6.07) is 15.7. The second kappa shape index (κ2) is 7.09.